The van der Waals surface area contributed by atoms with E-state index in [1.165, 1.54) is 0 Å². The summed E-state index contributed by atoms with van der Waals surface area (Å²) in [6.45, 7) is 1.28. The van der Waals surface area contributed by atoms with Gasteiger partial charge >= 0.3 is 0 Å². The van der Waals surface area contributed by atoms with Crippen LogP contribution in [0.5, 0.6) is 0 Å². The van der Waals surface area contributed by atoms with Crippen molar-refractivity contribution < 1.29 is 9.21 Å². The summed E-state index contributed by atoms with van der Waals surface area (Å²) < 4.78 is 5.64. The molecule has 0 spiro atoms. The van der Waals surface area contributed by atoms with Crippen molar-refractivity contribution >= 4 is 28.7 Å². The second kappa shape index (κ2) is 3.90. The average Bonchev–Trinajstić information content (AvgIpc) is 2.95. The lowest BCUT2D eigenvalue weighted by molar-refractivity contribution is -0.121. The molecule has 3 rings (SSSR count). The zero-order valence-electron chi connectivity index (χ0n) is 9.80. The third-order valence-electron chi connectivity index (χ3n) is 3.30. The van der Waals surface area contributed by atoms with Crippen molar-refractivity contribution in [3.63, 3.8) is 0 Å². The minimum Gasteiger partial charge on any atom is -0.423 e. The number of benzene rings is 1. The third-order valence-corrected chi connectivity index (χ3v) is 3.30. The number of oxazole rings is 1. The van der Waals surface area contributed by atoms with Gasteiger partial charge in [0, 0.05) is 13.1 Å². The number of fused-ring (bicyclic) bond motifs is 1. The number of carbonyl (C=O) groups excluding carboxylic acids is 1. The number of nitrogens with zero attached hydrogens (tertiary/aromatic N) is 2. The zero-order chi connectivity index (χ0) is 12.7. The highest BCUT2D eigenvalue weighted by atomic mass is 16.4. The van der Waals surface area contributed by atoms with Crippen molar-refractivity contribution in [3.05, 3.63) is 18.2 Å². The van der Waals surface area contributed by atoms with E-state index in [0.29, 0.717) is 29.3 Å². The summed E-state index contributed by atoms with van der Waals surface area (Å²) in [5, 5.41) is 0. The van der Waals surface area contributed by atoms with Crippen molar-refractivity contribution in [2.75, 3.05) is 23.7 Å². The summed E-state index contributed by atoms with van der Waals surface area (Å²) in [4.78, 5) is 17.4. The molecule has 1 saturated heterocycles. The fraction of sp³-hybridized carbons (Fsp3) is 0.333. The molecule has 0 aliphatic carbocycles. The molecule has 4 N–H and O–H groups in total. The molecule has 1 amide bonds. The van der Waals surface area contributed by atoms with E-state index in [2.05, 4.69) is 4.98 Å². The van der Waals surface area contributed by atoms with Crippen LogP contribution < -0.4 is 16.4 Å². The van der Waals surface area contributed by atoms with Crippen molar-refractivity contribution in [1.82, 2.24) is 4.98 Å². The molecule has 2 aromatic rings. The highest BCUT2D eigenvalue weighted by molar-refractivity contribution is 5.86. The first-order valence-corrected chi connectivity index (χ1v) is 5.84. The van der Waals surface area contributed by atoms with Gasteiger partial charge in [0.25, 0.3) is 6.01 Å². The SMILES string of the molecule is NC(=O)C1CCN(c2nc3c(N)cccc3o2)C1. The maximum Gasteiger partial charge on any atom is 0.298 e. The number of amides is 1. The first-order valence-electron chi connectivity index (χ1n) is 5.84. The van der Waals surface area contributed by atoms with Gasteiger partial charge in [0.15, 0.2) is 5.58 Å². The summed E-state index contributed by atoms with van der Waals surface area (Å²) in [6.07, 6.45) is 0.740. The second-order valence-electron chi connectivity index (χ2n) is 4.52. The minimum absolute atomic E-state index is 0.127. The zero-order valence-corrected chi connectivity index (χ0v) is 9.80. The Balaban J connectivity index is 1.92. The molecule has 1 aliphatic rings. The van der Waals surface area contributed by atoms with Gasteiger partial charge in [0.2, 0.25) is 5.91 Å². The number of para-hydroxylation sites is 1. The molecule has 0 bridgehead atoms. The molecule has 6 heteroatoms. The number of anilines is 2. The van der Waals surface area contributed by atoms with Crippen LogP contribution in [-0.4, -0.2) is 24.0 Å². The van der Waals surface area contributed by atoms with Crippen molar-refractivity contribution in [1.29, 1.82) is 0 Å². The highest BCUT2D eigenvalue weighted by Gasteiger charge is 2.29. The highest BCUT2D eigenvalue weighted by Crippen LogP contribution is 2.29. The van der Waals surface area contributed by atoms with Crippen LogP contribution >= 0.6 is 0 Å². The summed E-state index contributed by atoms with van der Waals surface area (Å²) in [6, 6.07) is 5.93. The van der Waals surface area contributed by atoms with Gasteiger partial charge in [-0.05, 0) is 18.6 Å². The fourth-order valence-electron chi connectivity index (χ4n) is 2.26. The predicted molar refractivity (Wildman–Crippen MR) is 67.9 cm³/mol. The molecule has 1 aromatic heterocycles. The van der Waals surface area contributed by atoms with Gasteiger partial charge < -0.3 is 20.8 Å². The van der Waals surface area contributed by atoms with E-state index < -0.39 is 0 Å². The Morgan fingerprint density at radius 1 is 1.50 bits per heavy atom. The van der Waals surface area contributed by atoms with E-state index in [0.717, 1.165) is 13.0 Å². The second-order valence-corrected chi connectivity index (χ2v) is 4.52. The molecule has 0 saturated carbocycles. The Hall–Kier alpha value is -2.24. The van der Waals surface area contributed by atoms with Crippen LogP contribution in [-0.2, 0) is 4.79 Å². The minimum atomic E-state index is -0.270. The molecule has 0 radical (unpaired) electrons. The molecular weight excluding hydrogens is 232 g/mol. The maximum atomic E-state index is 11.1. The number of carbonyl (C=O) groups is 1. The normalized spacial score (nSPS) is 19.6. The topological polar surface area (TPSA) is 98.4 Å². The van der Waals surface area contributed by atoms with Crippen molar-refractivity contribution in [2.45, 2.75) is 6.42 Å². The molecule has 1 aliphatic heterocycles. The number of hydrogen-bond donors (Lipinski definition) is 2. The molecular formula is C12H14N4O2. The Labute approximate surface area is 104 Å². The lowest BCUT2D eigenvalue weighted by Crippen LogP contribution is -2.27. The van der Waals surface area contributed by atoms with E-state index in [4.69, 9.17) is 15.9 Å². The number of nitrogens with two attached hydrogens (primary N) is 2. The standard InChI is InChI=1S/C12H14N4O2/c13-8-2-1-3-9-10(8)15-12(18-9)16-5-4-7(6-16)11(14)17/h1-3,7H,4-6,13H2,(H2,14,17). The van der Waals surface area contributed by atoms with E-state index in [1.54, 1.807) is 6.07 Å². The molecule has 6 nitrogen and oxygen atoms in total. The van der Waals surface area contributed by atoms with Crippen LogP contribution in [0.1, 0.15) is 6.42 Å². The molecule has 18 heavy (non-hydrogen) atoms. The molecule has 1 atom stereocenters. The Kier molecular flexibility index (Phi) is 2.36. The predicted octanol–water partition coefficient (Wildman–Crippen LogP) is 0.722. The van der Waals surface area contributed by atoms with Gasteiger partial charge in [-0.15, -0.1) is 0 Å². The van der Waals surface area contributed by atoms with Crippen LogP contribution in [0.15, 0.2) is 22.6 Å². The summed E-state index contributed by atoms with van der Waals surface area (Å²) in [7, 11) is 0. The number of rotatable bonds is 2. The van der Waals surface area contributed by atoms with Crippen LogP contribution in [0.4, 0.5) is 11.7 Å². The van der Waals surface area contributed by atoms with Crippen LogP contribution in [0.25, 0.3) is 11.1 Å². The monoisotopic (exact) mass is 246 g/mol. The lowest BCUT2D eigenvalue weighted by atomic mass is 10.1. The average molecular weight is 246 g/mol. The molecule has 2 heterocycles. The molecule has 1 aromatic carbocycles. The van der Waals surface area contributed by atoms with E-state index >= 15 is 0 Å². The number of hydrogen-bond acceptors (Lipinski definition) is 5. The number of aromatic nitrogens is 1. The van der Waals surface area contributed by atoms with Gasteiger partial charge in [-0.1, -0.05) is 6.07 Å². The van der Waals surface area contributed by atoms with Crippen LogP contribution in [0.2, 0.25) is 0 Å². The summed E-state index contributed by atoms with van der Waals surface area (Å²) >= 11 is 0. The van der Waals surface area contributed by atoms with Crippen LogP contribution in [0.3, 0.4) is 0 Å². The van der Waals surface area contributed by atoms with Gasteiger partial charge in [-0.2, -0.15) is 4.98 Å². The van der Waals surface area contributed by atoms with E-state index in [9.17, 15) is 4.79 Å². The number of nitrogen functional groups attached to an aromatic ring is 1. The van der Waals surface area contributed by atoms with Crippen LogP contribution in [0, 0.1) is 5.92 Å². The summed E-state index contributed by atoms with van der Waals surface area (Å²) in [5.74, 6) is -0.398. The smallest absolute Gasteiger partial charge is 0.298 e. The first kappa shape index (κ1) is 10.9. The molecule has 1 unspecified atom stereocenters. The van der Waals surface area contributed by atoms with Gasteiger partial charge in [0.1, 0.15) is 5.52 Å². The number of primary amides is 1. The quantitative estimate of drug-likeness (QED) is 0.761. The maximum absolute atomic E-state index is 11.1. The lowest BCUT2D eigenvalue weighted by Gasteiger charge is -2.11. The van der Waals surface area contributed by atoms with Gasteiger partial charge in [0.05, 0.1) is 11.6 Å². The Bertz CT molecular complexity index is 607. The third kappa shape index (κ3) is 1.66. The van der Waals surface area contributed by atoms with Crippen molar-refractivity contribution in [3.8, 4) is 0 Å². The Morgan fingerprint density at radius 3 is 3.00 bits per heavy atom. The van der Waals surface area contributed by atoms with Crippen molar-refractivity contribution in [2.24, 2.45) is 11.7 Å². The molecule has 94 valence electrons. The van der Waals surface area contributed by atoms with E-state index in [-0.39, 0.29) is 11.8 Å². The Morgan fingerprint density at radius 2 is 2.33 bits per heavy atom. The molecule has 1 fully saturated rings. The first-order chi connectivity index (χ1) is 8.65. The fourth-order valence-corrected chi connectivity index (χ4v) is 2.26. The largest absolute Gasteiger partial charge is 0.423 e. The van der Waals surface area contributed by atoms with Gasteiger partial charge in [-0.25, -0.2) is 0 Å². The van der Waals surface area contributed by atoms with E-state index in [1.807, 2.05) is 17.0 Å². The summed E-state index contributed by atoms with van der Waals surface area (Å²) in [5.41, 5.74) is 13.0. The van der Waals surface area contributed by atoms with Gasteiger partial charge in [-0.3, -0.25) is 4.79 Å².